The Balaban J connectivity index is 2.71. The predicted octanol–water partition coefficient (Wildman–Crippen LogP) is 5.86. The summed E-state index contributed by atoms with van der Waals surface area (Å²) in [6, 6.07) is 0. The molecule has 2 aliphatic rings. The lowest BCUT2D eigenvalue weighted by atomic mass is 10.2. The van der Waals surface area contributed by atoms with Crippen molar-refractivity contribution in [3.63, 3.8) is 0 Å². The third-order valence-electron chi connectivity index (χ3n) is 10.1. The van der Waals surface area contributed by atoms with Crippen molar-refractivity contribution in [1.29, 1.82) is 0 Å². The lowest BCUT2D eigenvalue weighted by Crippen LogP contribution is -2.75. The van der Waals surface area contributed by atoms with E-state index in [0.717, 1.165) is 51.9 Å². The standard InChI is InChI=1S/C26H52N2O3Si2/c1-23(2,3)32(9,10)25(7,21(29)27-17-13-14-18-27)31-26(8,33(11,12)24(4,5)6)22(30)28-19-15-16-20-28/h13-20H2,1-12H3/t25-,26-/m0/s1. The van der Waals surface area contributed by atoms with Crippen LogP contribution in [0.5, 0.6) is 0 Å². The molecular weight excluding hydrogens is 444 g/mol. The summed E-state index contributed by atoms with van der Waals surface area (Å²) in [5.74, 6) is 0.205. The minimum atomic E-state index is -2.38. The Labute approximate surface area is 206 Å². The number of amides is 2. The van der Waals surface area contributed by atoms with E-state index in [9.17, 15) is 9.59 Å². The lowest BCUT2D eigenvalue weighted by molar-refractivity contribution is -0.167. The molecule has 33 heavy (non-hydrogen) atoms. The van der Waals surface area contributed by atoms with Crippen LogP contribution < -0.4 is 0 Å². The maximum atomic E-state index is 14.3. The van der Waals surface area contributed by atoms with Gasteiger partial charge in [0.25, 0.3) is 11.8 Å². The first-order valence-electron chi connectivity index (χ1n) is 13.0. The highest BCUT2D eigenvalue weighted by Gasteiger charge is 2.65. The van der Waals surface area contributed by atoms with Crippen molar-refractivity contribution < 1.29 is 14.3 Å². The van der Waals surface area contributed by atoms with Gasteiger partial charge in [0, 0.05) is 26.2 Å². The highest BCUT2D eigenvalue weighted by molar-refractivity contribution is 6.87. The van der Waals surface area contributed by atoms with Gasteiger partial charge in [-0.3, -0.25) is 9.59 Å². The van der Waals surface area contributed by atoms with Gasteiger partial charge in [-0.15, -0.1) is 0 Å². The van der Waals surface area contributed by atoms with Crippen LogP contribution >= 0.6 is 0 Å². The molecule has 2 heterocycles. The Bertz CT molecular complexity index is 680. The van der Waals surface area contributed by atoms with E-state index in [-0.39, 0.29) is 21.9 Å². The summed E-state index contributed by atoms with van der Waals surface area (Å²) in [5, 5.41) is -2.12. The second-order valence-electron chi connectivity index (χ2n) is 13.9. The monoisotopic (exact) mass is 496 g/mol. The van der Waals surface area contributed by atoms with Crippen molar-refractivity contribution in [1.82, 2.24) is 9.80 Å². The second-order valence-corrected chi connectivity index (χ2v) is 25.3. The Hall–Kier alpha value is -0.666. The Morgan fingerprint density at radius 1 is 0.576 bits per heavy atom. The predicted molar refractivity (Wildman–Crippen MR) is 144 cm³/mol. The molecule has 2 saturated heterocycles. The Kier molecular flexibility index (Phi) is 7.87. The van der Waals surface area contributed by atoms with Crippen molar-refractivity contribution in [3.8, 4) is 0 Å². The van der Waals surface area contributed by atoms with E-state index in [4.69, 9.17) is 4.74 Å². The number of likely N-dealkylation sites (tertiary alicyclic amines) is 2. The molecule has 0 bridgehead atoms. The fraction of sp³-hybridized carbons (Fsp3) is 0.923. The molecule has 0 radical (unpaired) electrons. The average Bonchev–Trinajstić information content (AvgIpc) is 3.38. The minimum absolute atomic E-state index is 0.0673. The first-order chi connectivity index (χ1) is 14.7. The molecule has 0 aromatic carbocycles. The summed E-state index contributed by atoms with van der Waals surface area (Å²) in [7, 11) is -4.77. The van der Waals surface area contributed by atoms with Gasteiger partial charge >= 0.3 is 0 Å². The molecular formula is C26H52N2O3Si2. The molecule has 0 N–H and O–H groups in total. The summed E-state index contributed by atoms with van der Waals surface area (Å²) < 4.78 is 7.30. The molecule has 2 rings (SSSR count). The third kappa shape index (κ3) is 4.75. The molecule has 0 aromatic heterocycles. The van der Waals surface area contributed by atoms with Gasteiger partial charge in [-0.1, -0.05) is 67.7 Å². The van der Waals surface area contributed by atoms with Crippen molar-refractivity contribution in [2.24, 2.45) is 0 Å². The Morgan fingerprint density at radius 3 is 1.03 bits per heavy atom. The maximum absolute atomic E-state index is 14.3. The van der Waals surface area contributed by atoms with Crippen LogP contribution in [0.2, 0.25) is 36.3 Å². The topological polar surface area (TPSA) is 49.9 Å². The van der Waals surface area contributed by atoms with Crippen molar-refractivity contribution in [3.05, 3.63) is 0 Å². The van der Waals surface area contributed by atoms with Crippen LogP contribution in [0.4, 0.5) is 0 Å². The van der Waals surface area contributed by atoms with Crippen LogP contribution in [-0.2, 0) is 14.3 Å². The van der Waals surface area contributed by atoms with E-state index in [0.29, 0.717) is 0 Å². The molecule has 192 valence electrons. The molecule has 0 aliphatic carbocycles. The number of nitrogens with zero attached hydrogens (tertiary/aromatic N) is 2. The minimum Gasteiger partial charge on any atom is -0.357 e. The van der Waals surface area contributed by atoms with E-state index in [1.807, 2.05) is 23.6 Å². The van der Waals surface area contributed by atoms with Crippen LogP contribution in [-0.4, -0.2) is 74.4 Å². The van der Waals surface area contributed by atoms with Crippen LogP contribution in [0.25, 0.3) is 0 Å². The van der Waals surface area contributed by atoms with Gasteiger partial charge < -0.3 is 14.5 Å². The average molecular weight is 497 g/mol. The second kappa shape index (κ2) is 9.09. The number of ether oxygens (including phenoxy) is 1. The molecule has 0 saturated carbocycles. The van der Waals surface area contributed by atoms with Gasteiger partial charge in [0.05, 0.1) is 0 Å². The van der Waals surface area contributed by atoms with Crippen LogP contribution in [0.15, 0.2) is 0 Å². The first-order valence-corrected chi connectivity index (χ1v) is 19.0. The zero-order chi connectivity index (χ0) is 25.7. The smallest absolute Gasteiger partial charge is 0.251 e. The molecule has 2 aliphatic heterocycles. The molecule has 7 heteroatoms. The molecule has 0 aromatic rings. The third-order valence-corrected chi connectivity index (χ3v) is 23.0. The largest absolute Gasteiger partial charge is 0.357 e. The van der Waals surface area contributed by atoms with Crippen molar-refractivity contribution in [2.45, 2.75) is 128 Å². The van der Waals surface area contributed by atoms with Gasteiger partial charge in [-0.25, -0.2) is 0 Å². The molecule has 0 spiro atoms. The van der Waals surface area contributed by atoms with Crippen LogP contribution in [0.1, 0.15) is 81.1 Å². The van der Waals surface area contributed by atoms with Crippen molar-refractivity contribution in [2.75, 3.05) is 26.2 Å². The van der Waals surface area contributed by atoms with E-state index in [1.165, 1.54) is 0 Å². The van der Waals surface area contributed by atoms with Gasteiger partial charge in [0.1, 0.15) is 26.6 Å². The van der Waals surface area contributed by atoms with E-state index >= 15 is 0 Å². The highest BCUT2D eigenvalue weighted by atomic mass is 28.3. The number of rotatable bonds is 6. The maximum Gasteiger partial charge on any atom is 0.251 e. The lowest BCUT2D eigenvalue weighted by Gasteiger charge is -2.57. The number of hydrogen-bond acceptors (Lipinski definition) is 3. The van der Waals surface area contributed by atoms with Gasteiger partial charge in [0.15, 0.2) is 0 Å². The zero-order valence-corrected chi connectivity index (χ0v) is 25.8. The molecule has 2 amide bonds. The fourth-order valence-corrected chi connectivity index (χ4v) is 10.4. The first kappa shape index (κ1) is 28.6. The van der Waals surface area contributed by atoms with Gasteiger partial charge in [-0.05, 0) is 49.6 Å². The molecule has 2 fully saturated rings. The summed E-state index contributed by atoms with van der Waals surface area (Å²) in [6.07, 6.45) is 4.19. The molecule has 2 atom stereocenters. The van der Waals surface area contributed by atoms with Gasteiger partial charge in [0.2, 0.25) is 0 Å². The number of carbonyl (C=O) groups excluding carboxylic acids is 2. The summed E-state index contributed by atoms with van der Waals surface area (Å²) in [4.78, 5) is 32.6. The van der Waals surface area contributed by atoms with Crippen molar-refractivity contribution >= 4 is 28.0 Å². The SMILES string of the molecule is CC(C)(C)[Si](C)(C)[C@](C)(O[C@](C)(C(=O)N1CCCC1)[Si](C)(C)C(C)(C)C)C(=O)N1CCCC1. The molecule has 5 nitrogen and oxygen atoms in total. The number of hydrogen-bond donors (Lipinski definition) is 0. The van der Waals surface area contributed by atoms with E-state index < -0.39 is 26.6 Å². The fourth-order valence-electron chi connectivity index (χ4n) is 5.16. The summed E-state index contributed by atoms with van der Waals surface area (Å²) in [5.41, 5.74) is 0. The van der Waals surface area contributed by atoms with E-state index in [1.54, 1.807) is 0 Å². The van der Waals surface area contributed by atoms with Crippen LogP contribution in [0.3, 0.4) is 0 Å². The molecule has 0 unspecified atom stereocenters. The summed E-state index contributed by atoms with van der Waals surface area (Å²) >= 11 is 0. The normalized spacial score (nSPS) is 22.3. The highest BCUT2D eigenvalue weighted by Crippen LogP contribution is 2.51. The van der Waals surface area contributed by atoms with E-state index in [2.05, 4.69) is 67.7 Å². The Morgan fingerprint density at radius 2 is 0.818 bits per heavy atom. The summed E-state index contributed by atoms with van der Waals surface area (Å²) in [6.45, 7) is 29.8. The number of carbonyl (C=O) groups is 2. The zero-order valence-electron chi connectivity index (χ0n) is 23.8. The van der Waals surface area contributed by atoms with Gasteiger partial charge in [-0.2, -0.15) is 0 Å². The quantitative estimate of drug-likeness (QED) is 0.433. The van der Waals surface area contributed by atoms with Crippen LogP contribution in [0, 0.1) is 0 Å².